The number of benzene rings is 3. The largest absolute Gasteiger partial charge is 0.497 e. The van der Waals surface area contributed by atoms with Crippen LogP contribution in [0.1, 0.15) is 46.7 Å². The lowest BCUT2D eigenvalue weighted by Crippen LogP contribution is -2.50. The van der Waals surface area contributed by atoms with E-state index >= 15 is 0 Å². The Balaban J connectivity index is 1.28. The van der Waals surface area contributed by atoms with Gasteiger partial charge in [0, 0.05) is 37.7 Å². The number of nitrogens with zero attached hydrogens (tertiary/aromatic N) is 2. The molecule has 0 aromatic heterocycles. The summed E-state index contributed by atoms with van der Waals surface area (Å²) in [5.41, 5.74) is 3.19. The highest BCUT2D eigenvalue weighted by Gasteiger charge is 2.37. The van der Waals surface area contributed by atoms with E-state index in [0.717, 1.165) is 44.5 Å². The van der Waals surface area contributed by atoms with Gasteiger partial charge < -0.3 is 14.5 Å². The number of rotatable bonds is 6. The Hall–Kier alpha value is -3.60. The van der Waals surface area contributed by atoms with Crippen LogP contribution in [0.15, 0.2) is 84.9 Å². The average molecular weight is 497 g/mol. The number of piperidine rings is 2. The van der Waals surface area contributed by atoms with Gasteiger partial charge in [-0.3, -0.25) is 9.59 Å². The lowest BCUT2D eigenvalue weighted by Gasteiger charge is -2.41. The van der Waals surface area contributed by atoms with E-state index in [2.05, 4.69) is 47.4 Å². The summed E-state index contributed by atoms with van der Waals surface area (Å²) < 4.78 is 5.25. The third kappa shape index (κ3) is 6.04. The predicted octanol–water partition coefficient (Wildman–Crippen LogP) is 5.42. The van der Waals surface area contributed by atoms with Crippen molar-refractivity contribution in [2.75, 3.05) is 33.3 Å². The van der Waals surface area contributed by atoms with E-state index in [1.807, 2.05) is 47.4 Å². The lowest BCUT2D eigenvalue weighted by molar-refractivity contribution is -0.138. The minimum atomic E-state index is -0.188. The fourth-order valence-electron chi connectivity index (χ4n) is 5.89. The predicted molar refractivity (Wildman–Crippen MR) is 146 cm³/mol. The number of ether oxygens (including phenoxy) is 1. The topological polar surface area (TPSA) is 49.9 Å². The third-order valence-electron chi connectivity index (χ3n) is 7.99. The first kappa shape index (κ1) is 25.1. The Morgan fingerprint density at radius 2 is 1.46 bits per heavy atom. The second kappa shape index (κ2) is 11.6. The number of methoxy groups -OCH3 is 1. The zero-order valence-electron chi connectivity index (χ0n) is 21.6. The monoisotopic (exact) mass is 496 g/mol. The van der Waals surface area contributed by atoms with Crippen LogP contribution in [0.2, 0.25) is 0 Å². The molecule has 3 aromatic carbocycles. The Kier molecular flexibility index (Phi) is 7.88. The second-order valence-electron chi connectivity index (χ2n) is 10.4. The molecule has 192 valence electrons. The van der Waals surface area contributed by atoms with Crippen molar-refractivity contribution in [1.82, 2.24) is 9.80 Å². The van der Waals surface area contributed by atoms with Crippen molar-refractivity contribution >= 4 is 11.8 Å². The van der Waals surface area contributed by atoms with E-state index in [4.69, 9.17) is 4.74 Å². The van der Waals surface area contributed by atoms with Crippen LogP contribution in [0.5, 0.6) is 5.75 Å². The summed E-state index contributed by atoms with van der Waals surface area (Å²) in [4.78, 5) is 31.2. The summed E-state index contributed by atoms with van der Waals surface area (Å²) in [5, 5.41) is 0. The number of hydrogen-bond donors (Lipinski definition) is 0. The molecule has 0 bridgehead atoms. The van der Waals surface area contributed by atoms with Gasteiger partial charge in [0.1, 0.15) is 5.75 Å². The zero-order chi connectivity index (χ0) is 25.6. The maximum Gasteiger partial charge on any atom is 0.253 e. The fourth-order valence-corrected chi connectivity index (χ4v) is 5.89. The van der Waals surface area contributed by atoms with Crippen LogP contribution in [0.25, 0.3) is 0 Å². The molecule has 5 nitrogen and oxygen atoms in total. The Morgan fingerprint density at radius 3 is 2.11 bits per heavy atom. The average Bonchev–Trinajstić information content (AvgIpc) is 2.97. The molecule has 3 aromatic rings. The van der Waals surface area contributed by atoms with Gasteiger partial charge >= 0.3 is 0 Å². The molecule has 0 radical (unpaired) electrons. The number of carbonyl (C=O) groups excluding carboxylic acids is 2. The Bertz CT molecular complexity index is 1170. The molecule has 2 aliphatic rings. The minimum Gasteiger partial charge on any atom is -0.497 e. The van der Waals surface area contributed by atoms with Crippen molar-refractivity contribution in [2.24, 2.45) is 11.8 Å². The fraction of sp³-hybridized carbons (Fsp3) is 0.375. The number of amides is 2. The van der Waals surface area contributed by atoms with Gasteiger partial charge in [0.2, 0.25) is 5.91 Å². The third-order valence-corrected chi connectivity index (χ3v) is 7.99. The van der Waals surface area contributed by atoms with Crippen molar-refractivity contribution < 1.29 is 14.3 Å². The van der Waals surface area contributed by atoms with E-state index in [1.54, 1.807) is 7.11 Å². The molecule has 0 aliphatic carbocycles. The standard InChI is InChI=1S/C32H36N2O3/c1-37-30-14-12-27(13-15-30)31(35)34-22-28(26-10-6-3-7-11-26)21-29(23-34)32(36)33-18-16-25(17-19-33)20-24-8-4-2-5-9-24/h2-15,25,28-29H,16-23H2,1H3. The molecule has 2 saturated heterocycles. The lowest BCUT2D eigenvalue weighted by atomic mass is 9.83. The number of carbonyl (C=O) groups is 2. The molecule has 2 amide bonds. The highest BCUT2D eigenvalue weighted by molar-refractivity contribution is 5.95. The molecule has 0 N–H and O–H groups in total. The summed E-state index contributed by atoms with van der Waals surface area (Å²) >= 11 is 0. The van der Waals surface area contributed by atoms with E-state index in [-0.39, 0.29) is 23.7 Å². The van der Waals surface area contributed by atoms with Gasteiger partial charge in [0.15, 0.2) is 0 Å². The molecule has 0 spiro atoms. The molecular formula is C32H36N2O3. The molecular weight excluding hydrogens is 460 g/mol. The van der Waals surface area contributed by atoms with Crippen LogP contribution in [-0.4, -0.2) is 54.9 Å². The van der Waals surface area contributed by atoms with Crippen molar-refractivity contribution in [1.29, 1.82) is 0 Å². The van der Waals surface area contributed by atoms with Crippen LogP contribution in [-0.2, 0) is 11.2 Å². The molecule has 0 saturated carbocycles. The molecule has 2 unspecified atom stereocenters. The second-order valence-corrected chi connectivity index (χ2v) is 10.4. The molecule has 2 heterocycles. The normalized spacial score (nSPS) is 20.5. The van der Waals surface area contributed by atoms with Gasteiger partial charge in [0.05, 0.1) is 13.0 Å². The highest BCUT2D eigenvalue weighted by atomic mass is 16.5. The van der Waals surface area contributed by atoms with Gasteiger partial charge in [-0.25, -0.2) is 0 Å². The number of hydrogen-bond acceptors (Lipinski definition) is 3. The molecule has 5 rings (SSSR count). The van der Waals surface area contributed by atoms with Crippen LogP contribution < -0.4 is 4.74 Å². The summed E-state index contributed by atoms with van der Waals surface area (Å²) in [6.07, 6.45) is 3.92. The van der Waals surface area contributed by atoms with Gasteiger partial charge in [-0.15, -0.1) is 0 Å². The first-order chi connectivity index (χ1) is 18.1. The molecule has 2 atom stereocenters. The molecule has 2 fully saturated rings. The molecule has 37 heavy (non-hydrogen) atoms. The van der Waals surface area contributed by atoms with E-state index < -0.39 is 0 Å². The highest BCUT2D eigenvalue weighted by Crippen LogP contribution is 2.33. The summed E-state index contributed by atoms with van der Waals surface area (Å²) in [7, 11) is 1.62. The Morgan fingerprint density at radius 1 is 0.811 bits per heavy atom. The van der Waals surface area contributed by atoms with Crippen molar-refractivity contribution in [3.8, 4) is 5.75 Å². The maximum atomic E-state index is 13.8. The van der Waals surface area contributed by atoms with Crippen LogP contribution in [0.3, 0.4) is 0 Å². The summed E-state index contributed by atoms with van der Waals surface area (Å²) in [6.45, 7) is 2.69. The van der Waals surface area contributed by atoms with Crippen molar-refractivity contribution in [2.45, 2.75) is 31.6 Å². The van der Waals surface area contributed by atoms with Gasteiger partial charge in [0.25, 0.3) is 5.91 Å². The van der Waals surface area contributed by atoms with E-state index in [0.29, 0.717) is 24.6 Å². The van der Waals surface area contributed by atoms with Gasteiger partial charge in [-0.1, -0.05) is 60.7 Å². The minimum absolute atomic E-state index is 0.0253. The van der Waals surface area contributed by atoms with Crippen molar-refractivity contribution in [3.05, 3.63) is 102 Å². The number of likely N-dealkylation sites (tertiary alicyclic amines) is 2. The van der Waals surface area contributed by atoms with Crippen molar-refractivity contribution in [3.63, 3.8) is 0 Å². The Labute approximate surface area is 220 Å². The smallest absolute Gasteiger partial charge is 0.253 e. The van der Waals surface area contributed by atoms with E-state index in [9.17, 15) is 9.59 Å². The quantitative estimate of drug-likeness (QED) is 0.458. The van der Waals surface area contributed by atoms with E-state index in [1.165, 1.54) is 11.1 Å². The van der Waals surface area contributed by atoms with Gasteiger partial charge in [-0.2, -0.15) is 0 Å². The summed E-state index contributed by atoms with van der Waals surface area (Å²) in [6, 6.07) is 28.2. The van der Waals surface area contributed by atoms with Crippen LogP contribution >= 0.6 is 0 Å². The zero-order valence-corrected chi connectivity index (χ0v) is 21.6. The molecule has 2 aliphatic heterocycles. The SMILES string of the molecule is COc1ccc(C(=O)N2CC(C(=O)N3CCC(Cc4ccccc4)CC3)CC(c3ccccc3)C2)cc1. The first-order valence-corrected chi connectivity index (χ1v) is 13.4. The summed E-state index contributed by atoms with van der Waals surface area (Å²) in [5.74, 6) is 1.46. The first-order valence-electron chi connectivity index (χ1n) is 13.4. The maximum absolute atomic E-state index is 13.8. The van der Waals surface area contributed by atoms with Crippen LogP contribution in [0, 0.1) is 11.8 Å². The molecule has 5 heteroatoms. The van der Waals surface area contributed by atoms with Gasteiger partial charge in [-0.05, 0) is 67.0 Å². The van der Waals surface area contributed by atoms with Crippen LogP contribution in [0.4, 0.5) is 0 Å².